The van der Waals surface area contributed by atoms with E-state index in [0.29, 0.717) is 19.6 Å². The first-order chi connectivity index (χ1) is 8.91. The Hall–Kier alpha value is -0.950. The Morgan fingerprint density at radius 1 is 1.21 bits per heavy atom. The molecule has 1 aromatic rings. The van der Waals surface area contributed by atoms with Gasteiger partial charge in [0, 0.05) is 13.0 Å². The van der Waals surface area contributed by atoms with E-state index in [9.17, 15) is 8.42 Å². The summed E-state index contributed by atoms with van der Waals surface area (Å²) in [5.41, 5.74) is 1.03. The minimum Gasteiger partial charge on any atom is -0.348 e. The summed E-state index contributed by atoms with van der Waals surface area (Å²) in [7, 11) is -3.46. The fourth-order valence-electron chi connectivity index (χ4n) is 1.91. The number of sulfonamides is 1. The largest absolute Gasteiger partial charge is 0.348 e. The number of ether oxygens (including phenoxy) is 2. The molecule has 1 aliphatic heterocycles. The van der Waals surface area contributed by atoms with Crippen molar-refractivity contribution in [2.24, 2.45) is 0 Å². The van der Waals surface area contributed by atoms with Gasteiger partial charge in [-0.15, -0.1) is 0 Å². The summed E-state index contributed by atoms with van der Waals surface area (Å²) < 4.78 is 37.5. The van der Waals surface area contributed by atoms with Crippen LogP contribution in [0.5, 0.6) is 0 Å². The van der Waals surface area contributed by atoms with Crippen molar-refractivity contribution in [1.29, 1.82) is 0 Å². The zero-order valence-electron chi connectivity index (χ0n) is 11.2. The number of nitrogens with one attached hydrogen (secondary N) is 1. The van der Waals surface area contributed by atoms with E-state index >= 15 is 0 Å². The lowest BCUT2D eigenvalue weighted by atomic mass is 10.2. The molecule has 1 fully saturated rings. The lowest BCUT2D eigenvalue weighted by Crippen LogP contribution is -2.33. The molecule has 6 heteroatoms. The Labute approximate surface area is 114 Å². The van der Waals surface area contributed by atoms with Crippen molar-refractivity contribution >= 4 is 10.0 Å². The van der Waals surface area contributed by atoms with Gasteiger partial charge >= 0.3 is 0 Å². The summed E-state index contributed by atoms with van der Waals surface area (Å²) in [5, 5.41) is 0. The molecule has 0 atom stereocenters. The third kappa shape index (κ3) is 3.76. The Morgan fingerprint density at radius 3 is 2.37 bits per heavy atom. The van der Waals surface area contributed by atoms with Gasteiger partial charge in [-0.3, -0.25) is 0 Å². The van der Waals surface area contributed by atoms with Crippen LogP contribution in [0.1, 0.15) is 18.9 Å². The van der Waals surface area contributed by atoms with Gasteiger partial charge in [-0.2, -0.15) is 0 Å². The molecule has 1 aromatic carbocycles. The summed E-state index contributed by atoms with van der Waals surface area (Å²) in [4.78, 5) is 0.275. The van der Waals surface area contributed by atoms with Gasteiger partial charge < -0.3 is 9.47 Å². The quantitative estimate of drug-likeness (QED) is 0.889. The average Bonchev–Trinajstić information content (AvgIpc) is 2.76. The van der Waals surface area contributed by atoms with E-state index in [1.165, 1.54) is 0 Å². The van der Waals surface area contributed by atoms with Crippen molar-refractivity contribution in [2.45, 2.75) is 31.0 Å². The number of benzene rings is 1. The molecule has 2 rings (SSSR count). The number of aryl methyl sites for hydroxylation is 1. The molecule has 106 valence electrons. The van der Waals surface area contributed by atoms with Crippen LogP contribution in [0.4, 0.5) is 0 Å². The number of hydrogen-bond acceptors (Lipinski definition) is 4. The molecule has 0 spiro atoms. The highest BCUT2D eigenvalue weighted by Crippen LogP contribution is 2.22. The van der Waals surface area contributed by atoms with Gasteiger partial charge in [0.25, 0.3) is 0 Å². The Balaban J connectivity index is 1.92. The van der Waals surface area contributed by atoms with E-state index in [4.69, 9.17) is 9.47 Å². The van der Waals surface area contributed by atoms with Gasteiger partial charge in [-0.05, 0) is 26.0 Å². The average molecular weight is 285 g/mol. The van der Waals surface area contributed by atoms with Crippen molar-refractivity contribution in [3.8, 4) is 0 Å². The van der Waals surface area contributed by atoms with Crippen LogP contribution in [-0.4, -0.2) is 34.0 Å². The third-order valence-corrected chi connectivity index (χ3v) is 4.58. The zero-order valence-corrected chi connectivity index (χ0v) is 12.0. The van der Waals surface area contributed by atoms with Gasteiger partial charge in [-0.1, -0.05) is 17.7 Å². The second-order valence-corrected chi connectivity index (χ2v) is 6.56. The smallest absolute Gasteiger partial charge is 0.240 e. The van der Waals surface area contributed by atoms with E-state index in [1.54, 1.807) is 24.3 Å². The highest BCUT2D eigenvalue weighted by molar-refractivity contribution is 7.89. The standard InChI is InChI=1S/C13H19NO4S/c1-11-3-5-12(6-4-11)19(15,16)14-8-7-13(2)17-9-10-18-13/h3-6,14H,7-10H2,1-2H3. The summed E-state index contributed by atoms with van der Waals surface area (Å²) in [6, 6.07) is 6.75. The lowest BCUT2D eigenvalue weighted by molar-refractivity contribution is -0.145. The van der Waals surface area contributed by atoms with E-state index in [-0.39, 0.29) is 11.4 Å². The predicted octanol–water partition coefficient (Wildman–Crippen LogP) is 1.43. The monoisotopic (exact) mass is 285 g/mol. The summed E-state index contributed by atoms with van der Waals surface area (Å²) >= 11 is 0. The normalized spacial score (nSPS) is 18.6. The maximum absolute atomic E-state index is 12.0. The maximum atomic E-state index is 12.0. The van der Waals surface area contributed by atoms with Crippen molar-refractivity contribution < 1.29 is 17.9 Å². The molecule has 0 bridgehead atoms. The van der Waals surface area contributed by atoms with Crippen molar-refractivity contribution in [3.05, 3.63) is 29.8 Å². The third-order valence-electron chi connectivity index (χ3n) is 3.10. The maximum Gasteiger partial charge on any atom is 0.240 e. The Bertz CT molecular complexity index is 518. The SMILES string of the molecule is Cc1ccc(S(=O)(=O)NCCC2(C)OCCO2)cc1. The Kier molecular flexibility index (Phi) is 4.25. The van der Waals surface area contributed by atoms with E-state index < -0.39 is 15.8 Å². The van der Waals surface area contributed by atoms with Crippen molar-refractivity contribution in [2.75, 3.05) is 19.8 Å². The molecule has 1 saturated heterocycles. The molecule has 1 aliphatic rings. The minimum atomic E-state index is -3.46. The molecule has 19 heavy (non-hydrogen) atoms. The van der Waals surface area contributed by atoms with Crippen LogP contribution < -0.4 is 4.72 Å². The molecule has 1 heterocycles. The first kappa shape index (κ1) is 14.5. The van der Waals surface area contributed by atoms with Crippen LogP contribution in [0.15, 0.2) is 29.2 Å². The predicted molar refractivity (Wildman–Crippen MR) is 71.3 cm³/mol. The van der Waals surface area contributed by atoms with Crippen LogP contribution in [0.3, 0.4) is 0 Å². The van der Waals surface area contributed by atoms with E-state index in [0.717, 1.165) is 5.56 Å². The molecule has 1 N–H and O–H groups in total. The minimum absolute atomic E-state index is 0.275. The second-order valence-electron chi connectivity index (χ2n) is 4.79. The Morgan fingerprint density at radius 2 is 1.79 bits per heavy atom. The van der Waals surface area contributed by atoms with Crippen molar-refractivity contribution in [3.63, 3.8) is 0 Å². The van der Waals surface area contributed by atoms with Gasteiger partial charge in [0.2, 0.25) is 10.0 Å². The van der Waals surface area contributed by atoms with Gasteiger partial charge in [0.15, 0.2) is 5.79 Å². The van der Waals surface area contributed by atoms with Crippen LogP contribution in [0.2, 0.25) is 0 Å². The fourth-order valence-corrected chi connectivity index (χ4v) is 2.95. The molecular formula is C13H19NO4S. The molecule has 0 amide bonds. The molecule has 0 aliphatic carbocycles. The molecule has 0 unspecified atom stereocenters. The van der Waals surface area contributed by atoms with Crippen LogP contribution in [-0.2, 0) is 19.5 Å². The summed E-state index contributed by atoms with van der Waals surface area (Å²) in [5.74, 6) is -0.671. The van der Waals surface area contributed by atoms with Gasteiger partial charge in [0.05, 0.1) is 18.1 Å². The number of rotatable bonds is 5. The van der Waals surface area contributed by atoms with E-state index in [2.05, 4.69) is 4.72 Å². The first-order valence-corrected chi connectivity index (χ1v) is 7.74. The first-order valence-electron chi connectivity index (χ1n) is 6.26. The van der Waals surface area contributed by atoms with Crippen LogP contribution in [0.25, 0.3) is 0 Å². The zero-order chi connectivity index (χ0) is 13.9. The van der Waals surface area contributed by atoms with Gasteiger partial charge in [0.1, 0.15) is 0 Å². The summed E-state index contributed by atoms with van der Waals surface area (Å²) in [6.45, 7) is 5.13. The molecule has 0 radical (unpaired) electrons. The molecule has 0 saturated carbocycles. The fraction of sp³-hybridized carbons (Fsp3) is 0.538. The highest BCUT2D eigenvalue weighted by atomic mass is 32.2. The topological polar surface area (TPSA) is 64.6 Å². The lowest BCUT2D eigenvalue weighted by Gasteiger charge is -2.22. The van der Waals surface area contributed by atoms with Crippen LogP contribution in [0, 0.1) is 6.92 Å². The molecule has 5 nitrogen and oxygen atoms in total. The van der Waals surface area contributed by atoms with Crippen LogP contribution >= 0.6 is 0 Å². The van der Waals surface area contributed by atoms with E-state index in [1.807, 2.05) is 13.8 Å². The van der Waals surface area contributed by atoms with Gasteiger partial charge in [-0.25, -0.2) is 13.1 Å². The summed E-state index contributed by atoms with van der Waals surface area (Å²) in [6.07, 6.45) is 0.484. The van der Waals surface area contributed by atoms with Crippen molar-refractivity contribution in [1.82, 2.24) is 4.72 Å². The number of hydrogen-bond donors (Lipinski definition) is 1. The second kappa shape index (κ2) is 5.58. The highest BCUT2D eigenvalue weighted by Gasteiger charge is 2.30. The molecule has 0 aromatic heterocycles. The molecular weight excluding hydrogens is 266 g/mol.